The van der Waals surface area contributed by atoms with Gasteiger partial charge >= 0.3 is 0 Å². The largest absolute Gasteiger partial charge is 0.333 e. The number of carbonyl (C=O) groups excluding carboxylic acids is 3. The van der Waals surface area contributed by atoms with Crippen LogP contribution in [0, 0.1) is 5.41 Å². The van der Waals surface area contributed by atoms with Gasteiger partial charge in [0.05, 0.1) is 12.0 Å². The molecule has 148 valence electrons. The van der Waals surface area contributed by atoms with Crippen LogP contribution < -0.4 is 10.8 Å². The number of likely N-dealkylation sites (tertiary alicyclic amines) is 1. The monoisotopic (exact) mass is 375 g/mol. The molecule has 3 amide bonds. The van der Waals surface area contributed by atoms with Crippen LogP contribution in [0.3, 0.4) is 0 Å². The Labute approximate surface area is 160 Å². The minimum Gasteiger partial charge on any atom is -0.333 e. The van der Waals surface area contributed by atoms with E-state index in [-0.39, 0.29) is 24.8 Å². The number of anilines is 1. The molecule has 0 spiro atoms. The van der Waals surface area contributed by atoms with Gasteiger partial charge in [0.2, 0.25) is 17.7 Å². The second-order valence-corrected chi connectivity index (χ2v) is 7.19. The molecule has 27 heavy (non-hydrogen) atoms. The number of amides is 3. The molecule has 0 aromatic heterocycles. The number of rotatable bonds is 10. The normalized spacial score (nSPS) is 19.2. The molecule has 1 unspecified atom stereocenters. The topological polar surface area (TPSA) is 98.7 Å². The first-order valence-corrected chi connectivity index (χ1v) is 9.58. The predicted octanol–water partition coefficient (Wildman–Crippen LogP) is 2.71. The highest BCUT2D eigenvalue weighted by Gasteiger charge is 2.47. The van der Waals surface area contributed by atoms with E-state index in [1.807, 2.05) is 18.2 Å². The van der Waals surface area contributed by atoms with Crippen LogP contribution in [0.4, 0.5) is 5.69 Å². The summed E-state index contributed by atoms with van der Waals surface area (Å²) >= 11 is 0. The van der Waals surface area contributed by atoms with Gasteiger partial charge in [0.15, 0.2) is 0 Å². The average Bonchev–Trinajstić information content (AvgIpc) is 2.96. The summed E-state index contributed by atoms with van der Waals surface area (Å²) in [5, 5.41) is 11.7. The summed E-state index contributed by atoms with van der Waals surface area (Å²) in [5.41, 5.74) is 1.49. The van der Waals surface area contributed by atoms with Gasteiger partial charge in [-0.05, 0) is 25.0 Å². The van der Waals surface area contributed by atoms with Gasteiger partial charge in [-0.2, -0.15) is 0 Å². The van der Waals surface area contributed by atoms with E-state index in [0.717, 1.165) is 25.7 Å². The van der Waals surface area contributed by atoms with Crippen molar-refractivity contribution in [1.29, 1.82) is 0 Å². The first-order chi connectivity index (χ1) is 13.0. The first kappa shape index (κ1) is 20.9. The van der Waals surface area contributed by atoms with Crippen molar-refractivity contribution in [2.75, 3.05) is 18.4 Å². The summed E-state index contributed by atoms with van der Waals surface area (Å²) in [4.78, 5) is 38.6. The fourth-order valence-electron chi connectivity index (χ4n) is 3.66. The fourth-order valence-corrected chi connectivity index (χ4v) is 3.66. The van der Waals surface area contributed by atoms with E-state index in [9.17, 15) is 14.4 Å². The summed E-state index contributed by atoms with van der Waals surface area (Å²) in [6.07, 6.45) is 5.08. The highest BCUT2D eigenvalue weighted by molar-refractivity contribution is 5.97. The molecule has 1 saturated heterocycles. The maximum Gasteiger partial charge on any atom is 0.244 e. The number of carbonyl (C=O) groups is 3. The average molecular weight is 375 g/mol. The zero-order chi connectivity index (χ0) is 19.7. The van der Waals surface area contributed by atoms with Crippen molar-refractivity contribution >= 4 is 23.4 Å². The molecule has 0 radical (unpaired) electrons. The molecule has 1 aromatic carbocycles. The Kier molecular flexibility index (Phi) is 7.79. The lowest BCUT2D eigenvalue weighted by Gasteiger charge is -2.27. The van der Waals surface area contributed by atoms with Crippen LogP contribution in [0.5, 0.6) is 0 Å². The van der Waals surface area contributed by atoms with E-state index < -0.39 is 11.3 Å². The second kappa shape index (κ2) is 10.1. The number of hydrogen-bond acceptors (Lipinski definition) is 4. The minimum absolute atomic E-state index is 0.0365. The number of hydroxylamine groups is 1. The molecule has 0 bridgehead atoms. The van der Waals surface area contributed by atoms with Gasteiger partial charge in [-0.3, -0.25) is 19.6 Å². The Morgan fingerprint density at radius 1 is 1.15 bits per heavy atom. The number of unbranched alkanes of at least 4 members (excludes halogenated alkanes) is 3. The summed E-state index contributed by atoms with van der Waals surface area (Å²) in [5.74, 6) is -0.997. The highest BCUT2D eigenvalue weighted by Crippen LogP contribution is 2.40. The van der Waals surface area contributed by atoms with Gasteiger partial charge in [-0.15, -0.1) is 0 Å². The summed E-state index contributed by atoms with van der Waals surface area (Å²) in [6.45, 7) is 2.52. The van der Waals surface area contributed by atoms with Crippen molar-refractivity contribution in [3.05, 3.63) is 30.3 Å². The SMILES string of the molecule is CCCCCCC1(CC(=O)NO)CCN(CC(=O)Nc2ccccc2)C1=O. The molecular weight excluding hydrogens is 346 g/mol. The zero-order valence-corrected chi connectivity index (χ0v) is 15.9. The summed E-state index contributed by atoms with van der Waals surface area (Å²) in [6, 6.07) is 9.08. The Balaban J connectivity index is 1.99. The number of para-hydroxylation sites is 1. The third kappa shape index (κ3) is 5.79. The second-order valence-electron chi connectivity index (χ2n) is 7.19. The van der Waals surface area contributed by atoms with Crippen molar-refractivity contribution in [3.63, 3.8) is 0 Å². The molecule has 0 aliphatic carbocycles. The van der Waals surface area contributed by atoms with Crippen molar-refractivity contribution in [1.82, 2.24) is 10.4 Å². The molecule has 1 aromatic rings. The van der Waals surface area contributed by atoms with Crippen LogP contribution in [0.1, 0.15) is 51.9 Å². The van der Waals surface area contributed by atoms with Crippen LogP contribution in [0.15, 0.2) is 30.3 Å². The van der Waals surface area contributed by atoms with Crippen LogP contribution >= 0.6 is 0 Å². The molecule has 1 aliphatic heterocycles. The van der Waals surface area contributed by atoms with E-state index in [0.29, 0.717) is 25.1 Å². The van der Waals surface area contributed by atoms with Crippen molar-refractivity contribution in [2.24, 2.45) is 5.41 Å². The molecule has 0 saturated carbocycles. The van der Waals surface area contributed by atoms with Gasteiger partial charge in [0.25, 0.3) is 0 Å². The molecule has 1 fully saturated rings. The zero-order valence-electron chi connectivity index (χ0n) is 15.9. The maximum absolute atomic E-state index is 13.0. The molecule has 1 heterocycles. The standard InChI is InChI=1S/C20H29N3O4/c1-2-3-4-8-11-20(14-17(24)22-27)12-13-23(19(20)26)15-18(25)21-16-9-6-5-7-10-16/h5-7,9-10,27H,2-4,8,11-15H2,1H3,(H,21,25)(H,22,24). The number of benzene rings is 1. The maximum atomic E-state index is 13.0. The van der Waals surface area contributed by atoms with E-state index >= 15 is 0 Å². The van der Waals surface area contributed by atoms with Gasteiger partial charge in [0, 0.05) is 18.7 Å². The highest BCUT2D eigenvalue weighted by atomic mass is 16.5. The van der Waals surface area contributed by atoms with Crippen LogP contribution in [0.2, 0.25) is 0 Å². The summed E-state index contributed by atoms with van der Waals surface area (Å²) < 4.78 is 0. The lowest BCUT2D eigenvalue weighted by molar-refractivity contribution is -0.143. The predicted molar refractivity (Wildman–Crippen MR) is 102 cm³/mol. The molecule has 1 atom stereocenters. The molecule has 3 N–H and O–H groups in total. The van der Waals surface area contributed by atoms with E-state index in [1.54, 1.807) is 17.6 Å². The Hall–Kier alpha value is -2.41. The van der Waals surface area contributed by atoms with Crippen molar-refractivity contribution < 1.29 is 19.6 Å². The Bertz CT molecular complexity index is 650. The molecule has 2 rings (SSSR count). The number of nitrogens with one attached hydrogen (secondary N) is 2. The lowest BCUT2D eigenvalue weighted by atomic mass is 9.77. The summed E-state index contributed by atoms with van der Waals surface area (Å²) in [7, 11) is 0. The molecular formula is C20H29N3O4. The lowest BCUT2D eigenvalue weighted by Crippen LogP contribution is -2.41. The fraction of sp³-hybridized carbons (Fsp3) is 0.550. The first-order valence-electron chi connectivity index (χ1n) is 9.58. The molecule has 1 aliphatic rings. The van der Waals surface area contributed by atoms with Crippen molar-refractivity contribution in [3.8, 4) is 0 Å². The van der Waals surface area contributed by atoms with Gasteiger partial charge in [-0.1, -0.05) is 50.8 Å². The third-order valence-corrected chi connectivity index (χ3v) is 5.13. The van der Waals surface area contributed by atoms with Crippen LogP contribution in [0.25, 0.3) is 0 Å². The van der Waals surface area contributed by atoms with E-state index in [1.165, 1.54) is 4.90 Å². The third-order valence-electron chi connectivity index (χ3n) is 5.13. The van der Waals surface area contributed by atoms with Crippen molar-refractivity contribution in [2.45, 2.75) is 51.9 Å². The smallest absolute Gasteiger partial charge is 0.244 e. The minimum atomic E-state index is -0.826. The van der Waals surface area contributed by atoms with Gasteiger partial charge in [0.1, 0.15) is 0 Å². The Morgan fingerprint density at radius 2 is 1.89 bits per heavy atom. The van der Waals surface area contributed by atoms with Crippen LogP contribution in [-0.2, 0) is 14.4 Å². The molecule has 7 heteroatoms. The van der Waals surface area contributed by atoms with Gasteiger partial charge in [-0.25, -0.2) is 5.48 Å². The quantitative estimate of drug-likeness (QED) is 0.333. The van der Waals surface area contributed by atoms with E-state index in [4.69, 9.17) is 5.21 Å². The molecule has 7 nitrogen and oxygen atoms in total. The van der Waals surface area contributed by atoms with Crippen LogP contribution in [-0.4, -0.2) is 40.9 Å². The van der Waals surface area contributed by atoms with Gasteiger partial charge < -0.3 is 10.2 Å². The number of hydrogen-bond donors (Lipinski definition) is 3. The van der Waals surface area contributed by atoms with E-state index in [2.05, 4.69) is 12.2 Å². The Morgan fingerprint density at radius 3 is 2.56 bits per heavy atom. The number of nitrogens with zero attached hydrogens (tertiary/aromatic N) is 1.